The van der Waals surface area contributed by atoms with E-state index in [0.717, 1.165) is 19.3 Å². The third kappa shape index (κ3) is 6.29. The number of nitrogens with two attached hydrogens (primary N) is 1. The minimum atomic E-state index is -0.361. The molecule has 25 heavy (non-hydrogen) atoms. The third-order valence-electron chi connectivity index (χ3n) is 4.41. The van der Waals surface area contributed by atoms with E-state index in [0.29, 0.717) is 12.1 Å². The molecule has 0 aliphatic heterocycles. The number of hydrogen-bond acceptors (Lipinski definition) is 3. The van der Waals surface area contributed by atoms with E-state index in [-0.39, 0.29) is 54.6 Å². The Bertz CT molecular complexity index is 580. The molecular formula is C18H27ClFN3O2. The van der Waals surface area contributed by atoms with E-state index in [4.69, 9.17) is 5.73 Å². The molecule has 1 fully saturated rings. The summed E-state index contributed by atoms with van der Waals surface area (Å²) in [4.78, 5) is 26.6. The van der Waals surface area contributed by atoms with Gasteiger partial charge in [-0.2, -0.15) is 0 Å². The number of nitrogens with zero attached hydrogens (tertiary/aromatic N) is 1. The van der Waals surface area contributed by atoms with Crippen molar-refractivity contribution in [1.29, 1.82) is 0 Å². The molecule has 5 nitrogen and oxygen atoms in total. The highest BCUT2D eigenvalue weighted by molar-refractivity contribution is 5.94. The molecule has 0 radical (unpaired) electrons. The van der Waals surface area contributed by atoms with Gasteiger partial charge in [-0.3, -0.25) is 9.59 Å². The normalized spacial score (nSPS) is 19.9. The van der Waals surface area contributed by atoms with Gasteiger partial charge in [0.25, 0.3) is 0 Å². The zero-order valence-corrected chi connectivity index (χ0v) is 15.5. The molecular weight excluding hydrogens is 345 g/mol. The van der Waals surface area contributed by atoms with Gasteiger partial charge in [-0.05, 0) is 57.4 Å². The number of benzene rings is 1. The average Bonchev–Trinajstić information content (AvgIpc) is 2.54. The Kier molecular flexibility index (Phi) is 8.32. The number of carbonyl (C=O) groups excluding carboxylic acids is 2. The van der Waals surface area contributed by atoms with Crippen LogP contribution in [0.1, 0.15) is 39.5 Å². The second-order valence-corrected chi connectivity index (χ2v) is 6.74. The quantitative estimate of drug-likeness (QED) is 0.835. The minimum Gasteiger partial charge on any atom is -0.331 e. The van der Waals surface area contributed by atoms with Crippen LogP contribution in [0.5, 0.6) is 0 Å². The van der Waals surface area contributed by atoms with E-state index in [2.05, 4.69) is 5.32 Å². The zero-order chi connectivity index (χ0) is 17.7. The summed E-state index contributed by atoms with van der Waals surface area (Å²) in [7, 11) is 0. The smallest absolute Gasteiger partial charge is 0.244 e. The van der Waals surface area contributed by atoms with Crippen molar-refractivity contribution in [1.82, 2.24) is 4.90 Å². The van der Waals surface area contributed by atoms with Gasteiger partial charge < -0.3 is 16.0 Å². The van der Waals surface area contributed by atoms with E-state index in [9.17, 15) is 14.0 Å². The summed E-state index contributed by atoms with van der Waals surface area (Å²) < 4.78 is 12.9. The Labute approximate surface area is 154 Å². The van der Waals surface area contributed by atoms with Crippen molar-refractivity contribution in [2.24, 2.45) is 11.7 Å². The molecule has 2 rings (SSSR count). The van der Waals surface area contributed by atoms with Crippen molar-refractivity contribution in [2.75, 3.05) is 11.9 Å². The molecule has 1 saturated carbocycles. The molecule has 1 aliphatic rings. The first-order valence-corrected chi connectivity index (χ1v) is 8.48. The molecule has 0 heterocycles. The lowest BCUT2D eigenvalue weighted by Crippen LogP contribution is -2.47. The van der Waals surface area contributed by atoms with Crippen LogP contribution in [-0.4, -0.2) is 35.3 Å². The molecule has 2 atom stereocenters. The molecule has 1 aromatic carbocycles. The summed E-state index contributed by atoms with van der Waals surface area (Å²) in [6.45, 7) is 3.78. The molecule has 1 aromatic rings. The largest absolute Gasteiger partial charge is 0.331 e. The number of halogens is 2. The highest BCUT2D eigenvalue weighted by Gasteiger charge is 2.31. The van der Waals surface area contributed by atoms with Gasteiger partial charge in [0.2, 0.25) is 11.8 Å². The fourth-order valence-corrected chi connectivity index (χ4v) is 3.09. The van der Waals surface area contributed by atoms with Gasteiger partial charge >= 0.3 is 0 Å². The summed E-state index contributed by atoms with van der Waals surface area (Å²) in [6.07, 6.45) is 3.42. The van der Waals surface area contributed by atoms with E-state index < -0.39 is 0 Å². The van der Waals surface area contributed by atoms with Crippen LogP contribution in [-0.2, 0) is 9.59 Å². The summed E-state index contributed by atoms with van der Waals surface area (Å²) >= 11 is 0. The monoisotopic (exact) mass is 371 g/mol. The summed E-state index contributed by atoms with van der Waals surface area (Å²) in [6, 6.07) is 5.54. The first-order valence-electron chi connectivity index (χ1n) is 8.48. The average molecular weight is 372 g/mol. The predicted molar refractivity (Wildman–Crippen MR) is 99.1 cm³/mol. The van der Waals surface area contributed by atoms with Gasteiger partial charge in [0.05, 0.1) is 0 Å². The fraction of sp³-hybridized carbons (Fsp3) is 0.556. The van der Waals surface area contributed by atoms with Crippen LogP contribution in [0.25, 0.3) is 0 Å². The second kappa shape index (κ2) is 9.73. The van der Waals surface area contributed by atoms with Crippen molar-refractivity contribution in [2.45, 2.75) is 51.6 Å². The number of rotatable bonds is 5. The standard InChI is InChI=1S/C18H26FN3O2.ClH/c1-12(2)22(18(24)13-4-3-5-15(20)10-13)11-17(23)21-16-8-6-14(19)7-9-16;/h6-9,12-13,15H,3-5,10-11,20H2,1-2H3,(H,21,23);1H. The lowest BCUT2D eigenvalue weighted by molar-refractivity contribution is -0.141. The minimum absolute atomic E-state index is 0. The maximum atomic E-state index is 12.9. The second-order valence-electron chi connectivity index (χ2n) is 6.74. The van der Waals surface area contributed by atoms with Crippen LogP contribution in [0.2, 0.25) is 0 Å². The van der Waals surface area contributed by atoms with Crippen molar-refractivity contribution < 1.29 is 14.0 Å². The lowest BCUT2D eigenvalue weighted by Gasteiger charge is -2.33. The first kappa shape index (κ1) is 21.4. The maximum Gasteiger partial charge on any atom is 0.244 e. The van der Waals surface area contributed by atoms with Crippen molar-refractivity contribution in [3.63, 3.8) is 0 Å². The van der Waals surface area contributed by atoms with Crippen LogP contribution in [0.15, 0.2) is 24.3 Å². The third-order valence-corrected chi connectivity index (χ3v) is 4.41. The molecule has 0 bridgehead atoms. The van der Waals surface area contributed by atoms with Gasteiger partial charge in [0, 0.05) is 23.7 Å². The fourth-order valence-electron chi connectivity index (χ4n) is 3.09. The summed E-state index contributed by atoms with van der Waals surface area (Å²) in [5.74, 6) is -0.756. The number of hydrogen-bond donors (Lipinski definition) is 2. The van der Waals surface area contributed by atoms with E-state index in [1.54, 1.807) is 4.90 Å². The molecule has 3 N–H and O–H groups in total. The molecule has 2 amide bonds. The summed E-state index contributed by atoms with van der Waals surface area (Å²) in [5.41, 5.74) is 6.49. The maximum absolute atomic E-state index is 12.9. The van der Waals surface area contributed by atoms with Crippen LogP contribution in [0.3, 0.4) is 0 Å². The predicted octanol–water partition coefficient (Wildman–Crippen LogP) is 2.94. The number of nitrogens with one attached hydrogen (secondary N) is 1. The number of amides is 2. The Morgan fingerprint density at radius 1 is 1.28 bits per heavy atom. The molecule has 0 aromatic heterocycles. The van der Waals surface area contributed by atoms with Gasteiger partial charge in [0.1, 0.15) is 12.4 Å². The highest BCUT2D eigenvalue weighted by Crippen LogP contribution is 2.25. The molecule has 0 saturated heterocycles. The van der Waals surface area contributed by atoms with Gasteiger partial charge in [-0.1, -0.05) is 6.42 Å². The van der Waals surface area contributed by atoms with Crippen LogP contribution < -0.4 is 11.1 Å². The number of carbonyl (C=O) groups is 2. The Morgan fingerprint density at radius 3 is 2.48 bits per heavy atom. The Hall–Kier alpha value is -1.66. The topological polar surface area (TPSA) is 75.4 Å². The zero-order valence-electron chi connectivity index (χ0n) is 14.7. The Morgan fingerprint density at radius 2 is 1.92 bits per heavy atom. The molecule has 7 heteroatoms. The van der Waals surface area contributed by atoms with Crippen LogP contribution in [0.4, 0.5) is 10.1 Å². The van der Waals surface area contributed by atoms with E-state index >= 15 is 0 Å². The van der Waals surface area contributed by atoms with Gasteiger partial charge in [-0.25, -0.2) is 4.39 Å². The van der Waals surface area contributed by atoms with Crippen molar-refractivity contribution in [3.05, 3.63) is 30.1 Å². The van der Waals surface area contributed by atoms with Gasteiger partial charge in [-0.15, -0.1) is 12.4 Å². The summed E-state index contributed by atoms with van der Waals surface area (Å²) in [5, 5.41) is 2.70. The van der Waals surface area contributed by atoms with E-state index in [1.807, 2.05) is 13.8 Å². The highest BCUT2D eigenvalue weighted by atomic mass is 35.5. The van der Waals surface area contributed by atoms with Gasteiger partial charge in [0.15, 0.2) is 0 Å². The molecule has 140 valence electrons. The first-order chi connectivity index (χ1) is 11.4. The molecule has 0 spiro atoms. The lowest BCUT2D eigenvalue weighted by atomic mass is 9.85. The van der Waals surface area contributed by atoms with Crippen LogP contribution >= 0.6 is 12.4 Å². The molecule has 1 aliphatic carbocycles. The van der Waals surface area contributed by atoms with Crippen LogP contribution in [0, 0.1) is 11.7 Å². The van der Waals surface area contributed by atoms with E-state index in [1.165, 1.54) is 24.3 Å². The van der Waals surface area contributed by atoms with Crippen molar-refractivity contribution >= 4 is 29.9 Å². The Balaban J connectivity index is 0.00000312. The number of anilines is 1. The SMILES string of the molecule is CC(C)N(CC(=O)Nc1ccc(F)cc1)C(=O)C1CCCC(N)C1.Cl. The van der Waals surface area contributed by atoms with Crippen molar-refractivity contribution in [3.8, 4) is 0 Å². The molecule has 2 unspecified atom stereocenters.